The lowest BCUT2D eigenvalue weighted by Crippen LogP contribution is -2.33. The van der Waals surface area contributed by atoms with E-state index in [0.29, 0.717) is 6.54 Å². The van der Waals surface area contributed by atoms with Gasteiger partial charge in [-0.05, 0) is 17.5 Å². The van der Waals surface area contributed by atoms with Crippen LogP contribution in [0.2, 0.25) is 0 Å². The number of benzene rings is 1. The van der Waals surface area contributed by atoms with E-state index in [1.54, 1.807) is 0 Å². The minimum absolute atomic E-state index is 0.109. The topological polar surface area (TPSA) is 3.24 Å². The summed E-state index contributed by atoms with van der Waals surface area (Å²) in [4.78, 5) is 1.87. The zero-order chi connectivity index (χ0) is 11.6. The average molecular weight is 229 g/mol. The number of hydrogen-bond donors (Lipinski definition) is 0. The Hall–Kier alpha value is -1.03. The molecule has 2 rings (SSSR count). The van der Waals surface area contributed by atoms with Gasteiger partial charge < -0.3 is 0 Å². The monoisotopic (exact) mass is 229 g/mol. The summed E-state index contributed by atoms with van der Waals surface area (Å²) in [6.07, 6.45) is -3.90. The Morgan fingerprint density at radius 1 is 1.12 bits per heavy atom. The maximum absolute atomic E-state index is 12.1. The van der Waals surface area contributed by atoms with E-state index < -0.39 is 12.6 Å². The molecule has 0 saturated carbocycles. The highest BCUT2D eigenvalue weighted by Crippen LogP contribution is 2.23. The van der Waals surface area contributed by atoms with Crippen LogP contribution in [0.1, 0.15) is 17.5 Å². The van der Waals surface area contributed by atoms with Crippen LogP contribution in [0.5, 0.6) is 0 Å². The molecule has 0 radical (unpaired) electrons. The molecule has 0 amide bonds. The van der Waals surface area contributed by atoms with E-state index in [4.69, 9.17) is 0 Å². The van der Waals surface area contributed by atoms with Gasteiger partial charge in [-0.1, -0.05) is 24.3 Å². The SMILES string of the molecule is FC(F)(F)CCN1CCc2ccccc2C1. The fourth-order valence-corrected chi connectivity index (χ4v) is 2.03. The molecule has 0 bridgehead atoms. The average Bonchev–Trinajstić information content (AvgIpc) is 2.25. The first kappa shape index (κ1) is 11.5. The molecule has 4 heteroatoms. The van der Waals surface area contributed by atoms with Crippen LogP contribution in [-0.4, -0.2) is 24.2 Å². The largest absolute Gasteiger partial charge is 0.390 e. The maximum atomic E-state index is 12.1. The van der Waals surface area contributed by atoms with Gasteiger partial charge in [-0.3, -0.25) is 4.90 Å². The second kappa shape index (κ2) is 4.45. The predicted octanol–water partition coefficient (Wildman–Crippen LogP) is 3.00. The van der Waals surface area contributed by atoms with Gasteiger partial charge in [0.15, 0.2) is 0 Å². The van der Waals surface area contributed by atoms with E-state index in [1.165, 1.54) is 5.56 Å². The zero-order valence-electron chi connectivity index (χ0n) is 8.93. The molecular formula is C12H14F3N. The van der Waals surface area contributed by atoms with Gasteiger partial charge in [-0.25, -0.2) is 0 Å². The molecule has 0 unspecified atom stereocenters. The van der Waals surface area contributed by atoms with Crippen LogP contribution in [0, 0.1) is 0 Å². The third kappa shape index (κ3) is 2.98. The van der Waals surface area contributed by atoms with Gasteiger partial charge in [0.25, 0.3) is 0 Å². The summed E-state index contributed by atoms with van der Waals surface area (Å²) < 4.78 is 36.2. The van der Waals surface area contributed by atoms with Crippen LogP contribution in [0.25, 0.3) is 0 Å². The first-order valence-electron chi connectivity index (χ1n) is 5.40. The molecule has 1 aliphatic heterocycles. The van der Waals surface area contributed by atoms with Crippen molar-refractivity contribution in [2.75, 3.05) is 13.1 Å². The fourth-order valence-electron chi connectivity index (χ4n) is 2.03. The molecule has 0 spiro atoms. The van der Waals surface area contributed by atoms with Crippen molar-refractivity contribution < 1.29 is 13.2 Å². The number of fused-ring (bicyclic) bond motifs is 1. The molecule has 0 fully saturated rings. The molecule has 1 aromatic rings. The Balaban J connectivity index is 1.93. The normalized spacial score (nSPS) is 17.2. The van der Waals surface area contributed by atoms with Crippen molar-refractivity contribution in [1.29, 1.82) is 0 Å². The summed E-state index contributed by atoms with van der Waals surface area (Å²) in [6.45, 7) is 1.48. The number of hydrogen-bond acceptors (Lipinski definition) is 1. The van der Waals surface area contributed by atoms with E-state index in [-0.39, 0.29) is 6.54 Å². The molecular weight excluding hydrogens is 215 g/mol. The Labute approximate surface area is 92.9 Å². The minimum Gasteiger partial charge on any atom is -0.298 e. The first-order valence-corrected chi connectivity index (χ1v) is 5.40. The summed E-state index contributed by atoms with van der Waals surface area (Å²) in [6, 6.07) is 7.96. The maximum Gasteiger partial charge on any atom is 0.390 e. The smallest absolute Gasteiger partial charge is 0.298 e. The lowest BCUT2D eigenvalue weighted by atomic mass is 10.00. The third-order valence-corrected chi connectivity index (χ3v) is 2.92. The Bertz CT molecular complexity index is 360. The van der Waals surface area contributed by atoms with E-state index >= 15 is 0 Å². The van der Waals surface area contributed by atoms with Crippen LogP contribution >= 0.6 is 0 Å². The standard InChI is InChI=1S/C12H14F3N/c13-12(14,15)6-8-16-7-5-10-3-1-2-4-11(10)9-16/h1-4H,5-9H2. The molecule has 0 atom stereocenters. The highest BCUT2D eigenvalue weighted by atomic mass is 19.4. The summed E-state index contributed by atoms with van der Waals surface area (Å²) in [5, 5.41) is 0. The van der Waals surface area contributed by atoms with Crippen molar-refractivity contribution >= 4 is 0 Å². The van der Waals surface area contributed by atoms with Crippen molar-refractivity contribution in [2.45, 2.75) is 25.6 Å². The van der Waals surface area contributed by atoms with Crippen molar-refractivity contribution in [2.24, 2.45) is 0 Å². The van der Waals surface area contributed by atoms with E-state index in [1.807, 2.05) is 23.1 Å². The van der Waals surface area contributed by atoms with Crippen molar-refractivity contribution in [3.05, 3.63) is 35.4 Å². The Kier molecular flexibility index (Phi) is 3.19. The van der Waals surface area contributed by atoms with Gasteiger partial charge >= 0.3 is 6.18 Å². The van der Waals surface area contributed by atoms with Crippen molar-refractivity contribution in [1.82, 2.24) is 4.90 Å². The predicted molar refractivity (Wildman–Crippen MR) is 56.1 cm³/mol. The van der Waals surface area contributed by atoms with Crippen molar-refractivity contribution in [3.63, 3.8) is 0 Å². The van der Waals surface area contributed by atoms with Crippen LogP contribution in [0.4, 0.5) is 13.2 Å². The fraction of sp³-hybridized carbons (Fsp3) is 0.500. The molecule has 16 heavy (non-hydrogen) atoms. The van der Waals surface area contributed by atoms with Gasteiger partial charge in [0.05, 0.1) is 6.42 Å². The van der Waals surface area contributed by atoms with E-state index in [9.17, 15) is 13.2 Å². The summed E-state index contributed by atoms with van der Waals surface area (Å²) in [7, 11) is 0. The number of halogens is 3. The highest BCUT2D eigenvalue weighted by Gasteiger charge is 2.28. The van der Waals surface area contributed by atoms with Crippen LogP contribution in [0.15, 0.2) is 24.3 Å². The molecule has 0 aromatic heterocycles. The van der Waals surface area contributed by atoms with Crippen molar-refractivity contribution in [3.8, 4) is 0 Å². The second-order valence-electron chi connectivity index (χ2n) is 4.16. The summed E-state index contributed by atoms with van der Waals surface area (Å²) in [5.41, 5.74) is 2.43. The molecule has 88 valence electrons. The molecule has 0 saturated heterocycles. The molecule has 1 nitrogen and oxygen atoms in total. The summed E-state index contributed by atoms with van der Waals surface area (Å²) >= 11 is 0. The number of nitrogens with zero attached hydrogens (tertiary/aromatic N) is 1. The lowest BCUT2D eigenvalue weighted by Gasteiger charge is -2.28. The molecule has 0 N–H and O–H groups in total. The van der Waals surface area contributed by atoms with E-state index in [2.05, 4.69) is 6.07 Å². The van der Waals surface area contributed by atoms with Gasteiger partial charge in [0, 0.05) is 19.6 Å². The molecule has 1 heterocycles. The molecule has 1 aliphatic rings. The molecule has 0 aliphatic carbocycles. The van der Waals surface area contributed by atoms with Gasteiger partial charge in [0.1, 0.15) is 0 Å². The van der Waals surface area contributed by atoms with Crippen LogP contribution in [-0.2, 0) is 13.0 Å². The highest BCUT2D eigenvalue weighted by molar-refractivity contribution is 5.28. The zero-order valence-corrected chi connectivity index (χ0v) is 8.93. The Morgan fingerprint density at radius 2 is 1.81 bits per heavy atom. The Morgan fingerprint density at radius 3 is 2.50 bits per heavy atom. The minimum atomic E-state index is -4.04. The first-order chi connectivity index (χ1) is 7.54. The van der Waals surface area contributed by atoms with Gasteiger partial charge in [-0.2, -0.15) is 13.2 Å². The molecule has 1 aromatic carbocycles. The summed E-state index contributed by atoms with van der Waals surface area (Å²) in [5.74, 6) is 0. The van der Waals surface area contributed by atoms with Gasteiger partial charge in [0.2, 0.25) is 0 Å². The lowest BCUT2D eigenvalue weighted by molar-refractivity contribution is -0.138. The third-order valence-electron chi connectivity index (χ3n) is 2.92. The quantitative estimate of drug-likeness (QED) is 0.753. The van der Waals surface area contributed by atoms with E-state index in [0.717, 1.165) is 18.5 Å². The van der Waals surface area contributed by atoms with Crippen LogP contribution < -0.4 is 0 Å². The van der Waals surface area contributed by atoms with Crippen LogP contribution in [0.3, 0.4) is 0 Å². The second-order valence-corrected chi connectivity index (χ2v) is 4.16. The number of alkyl halides is 3. The number of rotatable bonds is 2. The van der Waals surface area contributed by atoms with Gasteiger partial charge in [-0.15, -0.1) is 0 Å².